The van der Waals surface area contributed by atoms with Gasteiger partial charge in [-0.15, -0.1) is 0 Å². The lowest BCUT2D eigenvalue weighted by Gasteiger charge is -2.36. The Hall–Kier alpha value is -1.73. The largest absolute Gasteiger partial charge is 0.367 e. The Balaban J connectivity index is 1.19. The predicted octanol–water partition coefficient (Wildman–Crippen LogP) is 2.97. The minimum absolute atomic E-state index is 0.285. The summed E-state index contributed by atoms with van der Waals surface area (Å²) in [5.41, 5.74) is 0.981. The summed E-state index contributed by atoms with van der Waals surface area (Å²) in [5.74, 6) is -2.77. The smallest absolute Gasteiger partial charge is 0.190 e. The van der Waals surface area contributed by atoms with Gasteiger partial charge in [0.15, 0.2) is 41.8 Å². The summed E-state index contributed by atoms with van der Waals surface area (Å²) in [6.45, 7) is 11.3. The first kappa shape index (κ1) is 26.5. The Morgan fingerprint density at radius 1 is 0.763 bits per heavy atom. The maximum Gasteiger partial charge on any atom is 0.190 e. The molecule has 0 aromatic heterocycles. The molecular weight excluding hydrogens is 496 g/mol. The van der Waals surface area contributed by atoms with Crippen molar-refractivity contribution in [1.82, 2.24) is 0 Å². The van der Waals surface area contributed by atoms with E-state index in [2.05, 4.69) is 0 Å². The third-order valence-corrected chi connectivity index (χ3v) is 7.20. The number of hydrogen-bond acceptors (Lipinski definition) is 10. The van der Waals surface area contributed by atoms with Crippen LogP contribution in [-0.4, -0.2) is 78.5 Å². The number of benzene rings is 1. The van der Waals surface area contributed by atoms with Crippen LogP contribution in [0.4, 0.5) is 0 Å². The van der Waals surface area contributed by atoms with E-state index in [0.29, 0.717) is 6.61 Å². The van der Waals surface area contributed by atoms with Gasteiger partial charge in [0.2, 0.25) is 0 Å². The molecule has 1 aromatic carbocycles. The summed E-state index contributed by atoms with van der Waals surface area (Å²) in [5, 5.41) is 0. The summed E-state index contributed by atoms with van der Waals surface area (Å²) in [7, 11) is 0. The van der Waals surface area contributed by atoms with Crippen LogP contribution in [0.1, 0.15) is 47.1 Å². The minimum Gasteiger partial charge on any atom is -0.367 e. The van der Waals surface area contributed by atoms with E-state index in [1.807, 2.05) is 71.9 Å². The highest BCUT2D eigenvalue weighted by molar-refractivity contribution is 5.94. The lowest BCUT2D eigenvalue weighted by Crippen LogP contribution is -2.54. The van der Waals surface area contributed by atoms with E-state index in [0.717, 1.165) is 5.56 Å². The van der Waals surface area contributed by atoms with Crippen LogP contribution in [0.15, 0.2) is 42.5 Å². The molecule has 38 heavy (non-hydrogen) atoms. The molecule has 0 radical (unpaired) electrons. The van der Waals surface area contributed by atoms with E-state index in [9.17, 15) is 4.79 Å². The molecule has 208 valence electrons. The van der Waals surface area contributed by atoms with Gasteiger partial charge in [0.25, 0.3) is 0 Å². The maximum atomic E-state index is 13.5. The van der Waals surface area contributed by atoms with Gasteiger partial charge in [-0.25, -0.2) is 0 Å². The highest BCUT2D eigenvalue weighted by Gasteiger charge is 2.61. The Kier molecular flexibility index (Phi) is 6.58. The first-order valence-electron chi connectivity index (χ1n) is 13.2. The van der Waals surface area contributed by atoms with Crippen molar-refractivity contribution in [1.29, 1.82) is 0 Å². The average Bonchev–Trinajstić information content (AvgIpc) is 3.52. The first-order valence-corrected chi connectivity index (χ1v) is 13.2. The zero-order chi connectivity index (χ0) is 26.9. The van der Waals surface area contributed by atoms with Crippen molar-refractivity contribution in [2.75, 3.05) is 0 Å². The maximum absolute atomic E-state index is 13.5. The zero-order valence-electron chi connectivity index (χ0n) is 22.5. The molecule has 0 saturated carbocycles. The van der Waals surface area contributed by atoms with Crippen LogP contribution in [0.25, 0.3) is 0 Å². The fourth-order valence-corrected chi connectivity index (χ4v) is 5.74. The van der Waals surface area contributed by atoms with E-state index in [-0.39, 0.29) is 5.78 Å². The molecular formula is C28H36O10. The molecule has 0 aliphatic carbocycles. The number of carbonyl (C=O) groups excluding carboxylic acids is 1. The molecule has 0 amide bonds. The van der Waals surface area contributed by atoms with Crippen LogP contribution in [0.3, 0.4) is 0 Å². The van der Waals surface area contributed by atoms with Crippen LogP contribution in [0, 0.1) is 0 Å². The highest BCUT2D eigenvalue weighted by atomic mass is 16.9. The number of ether oxygens (including phenoxy) is 9. The van der Waals surface area contributed by atoms with Gasteiger partial charge in [-0.05, 0) is 59.3 Å². The van der Waals surface area contributed by atoms with Crippen molar-refractivity contribution in [3.8, 4) is 0 Å². The van der Waals surface area contributed by atoms with Gasteiger partial charge in [-0.2, -0.15) is 0 Å². The molecule has 10 heteroatoms. The second kappa shape index (κ2) is 9.43. The van der Waals surface area contributed by atoms with Crippen molar-refractivity contribution < 1.29 is 47.4 Å². The van der Waals surface area contributed by atoms with Crippen LogP contribution < -0.4 is 0 Å². The summed E-state index contributed by atoms with van der Waals surface area (Å²) in [4.78, 5) is 13.5. The number of ketones is 1. The predicted molar refractivity (Wildman–Crippen MR) is 130 cm³/mol. The normalized spacial score (nSPS) is 42.2. The van der Waals surface area contributed by atoms with Crippen LogP contribution in [-0.2, 0) is 54.0 Å². The Bertz CT molecular complexity index is 1070. The van der Waals surface area contributed by atoms with Gasteiger partial charge < -0.3 is 42.6 Å². The highest BCUT2D eigenvalue weighted by Crippen LogP contribution is 2.44. The Labute approximate surface area is 222 Å². The molecule has 5 saturated heterocycles. The molecule has 0 unspecified atom stereocenters. The van der Waals surface area contributed by atoms with Gasteiger partial charge >= 0.3 is 0 Å². The molecule has 5 aliphatic heterocycles. The van der Waals surface area contributed by atoms with Crippen molar-refractivity contribution in [2.45, 2.75) is 121 Å². The van der Waals surface area contributed by atoms with E-state index < -0.39 is 72.7 Å². The quantitative estimate of drug-likeness (QED) is 0.509. The fraction of sp³-hybridized carbons (Fsp3) is 0.679. The van der Waals surface area contributed by atoms with Gasteiger partial charge in [0, 0.05) is 0 Å². The van der Waals surface area contributed by atoms with Crippen LogP contribution in [0.5, 0.6) is 0 Å². The third kappa shape index (κ3) is 5.10. The number of carbonyl (C=O) groups is 1. The standard InChI is InChI=1S/C28H36O10/c1-26(2)33-19-17(31-24-23(21(19)34-26)36-28(5,6)37-24)13-12-16(29)18-20(30-14-15-10-8-7-9-11-15)22-25(32-18)38-27(3,4)35-22/h7-13,17-25H,14H2,1-6H3/b13-12+/t17-,18-,19+,20+,21+,22-,23-,24-,25-/m1/s1. The summed E-state index contributed by atoms with van der Waals surface area (Å²) < 4.78 is 54.7. The Morgan fingerprint density at radius 3 is 2.05 bits per heavy atom. The van der Waals surface area contributed by atoms with Gasteiger partial charge in [0.1, 0.15) is 36.6 Å². The molecule has 5 heterocycles. The number of hydrogen-bond donors (Lipinski definition) is 0. The van der Waals surface area contributed by atoms with Crippen molar-refractivity contribution >= 4 is 5.78 Å². The first-order chi connectivity index (χ1) is 17.9. The molecule has 0 spiro atoms. The topological polar surface area (TPSA) is 100 Å². The van der Waals surface area contributed by atoms with Crippen LogP contribution in [0.2, 0.25) is 0 Å². The Morgan fingerprint density at radius 2 is 1.34 bits per heavy atom. The third-order valence-electron chi connectivity index (χ3n) is 7.20. The number of fused-ring (bicyclic) bond motifs is 4. The van der Waals surface area contributed by atoms with Gasteiger partial charge in [0.05, 0.1) is 6.61 Å². The van der Waals surface area contributed by atoms with E-state index in [1.54, 1.807) is 6.08 Å². The lowest BCUT2D eigenvalue weighted by molar-refractivity contribution is -0.222. The average molecular weight is 533 g/mol. The van der Waals surface area contributed by atoms with E-state index >= 15 is 0 Å². The van der Waals surface area contributed by atoms with Crippen molar-refractivity contribution in [2.24, 2.45) is 0 Å². The van der Waals surface area contributed by atoms with E-state index in [1.165, 1.54) is 6.08 Å². The van der Waals surface area contributed by atoms with Crippen molar-refractivity contribution in [3.63, 3.8) is 0 Å². The molecule has 6 rings (SSSR count). The summed E-state index contributed by atoms with van der Waals surface area (Å²) >= 11 is 0. The SMILES string of the molecule is CC1(C)O[C@H]2[C@@H](O1)[C@@H](/C=C/C(=O)[C@H]1O[C@@H]3OC(C)(C)O[C@@H]3[C@H]1OCc1ccccc1)O[C@@H]1OC(C)(C)O[C@@H]12. The minimum atomic E-state index is -0.907. The molecule has 1 aromatic rings. The van der Waals surface area contributed by atoms with Crippen molar-refractivity contribution in [3.05, 3.63) is 48.0 Å². The molecule has 9 atom stereocenters. The molecule has 10 nitrogen and oxygen atoms in total. The second-order valence-corrected chi connectivity index (χ2v) is 11.7. The zero-order valence-corrected chi connectivity index (χ0v) is 22.5. The van der Waals surface area contributed by atoms with Gasteiger partial charge in [-0.3, -0.25) is 4.79 Å². The molecule has 5 fully saturated rings. The summed E-state index contributed by atoms with van der Waals surface area (Å²) in [6.07, 6.45) is -2.26. The fourth-order valence-electron chi connectivity index (χ4n) is 5.74. The van der Waals surface area contributed by atoms with Gasteiger partial charge in [-0.1, -0.05) is 30.3 Å². The molecule has 0 bridgehead atoms. The lowest BCUT2D eigenvalue weighted by atomic mass is 9.97. The summed E-state index contributed by atoms with van der Waals surface area (Å²) in [6, 6.07) is 9.75. The molecule has 0 N–H and O–H groups in total. The monoisotopic (exact) mass is 532 g/mol. The van der Waals surface area contributed by atoms with Crippen LogP contribution >= 0.6 is 0 Å². The molecule has 5 aliphatic rings. The second-order valence-electron chi connectivity index (χ2n) is 11.7. The number of rotatable bonds is 6. The van der Waals surface area contributed by atoms with E-state index in [4.69, 9.17) is 42.6 Å².